The van der Waals surface area contributed by atoms with Gasteiger partial charge in [-0.3, -0.25) is 18.7 Å². The number of hydrogen-bond acceptors (Lipinski definition) is 9. The van der Waals surface area contributed by atoms with E-state index in [1.54, 1.807) is 0 Å². The fraction of sp³-hybridized carbons (Fsp3) is 0.0377. The average Bonchev–Trinajstić information content (AvgIpc) is 3.73. The summed E-state index contributed by atoms with van der Waals surface area (Å²) in [4.78, 5) is 35.8. The van der Waals surface area contributed by atoms with Crippen LogP contribution in [0.15, 0.2) is 210 Å². The quantitative estimate of drug-likeness (QED) is 0.0925. The van der Waals surface area contributed by atoms with Crippen molar-refractivity contribution >= 4 is 99.1 Å². The average molecular weight is 976 g/mol. The van der Waals surface area contributed by atoms with E-state index in [2.05, 4.69) is 22.3 Å². The van der Waals surface area contributed by atoms with Crippen LogP contribution < -0.4 is 20.9 Å². The molecule has 7 aromatic carbocycles. The molecule has 4 heterocycles. The molecule has 0 saturated carbocycles. The van der Waals surface area contributed by atoms with Crippen molar-refractivity contribution in [3.63, 3.8) is 0 Å². The van der Waals surface area contributed by atoms with Crippen LogP contribution in [0.3, 0.4) is 0 Å². The number of nitrogens with zero attached hydrogens (tertiary/aromatic N) is 9. The van der Waals surface area contributed by atoms with E-state index >= 15 is 4.57 Å². The highest BCUT2D eigenvalue weighted by Crippen LogP contribution is 2.50. The van der Waals surface area contributed by atoms with E-state index < -0.39 is 28.0 Å². The first-order chi connectivity index (χ1) is 32.1. The monoisotopic (exact) mass is 975 g/mol. The lowest BCUT2D eigenvalue weighted by Crippen LogP contribution is -2.34. The van der Waals surface area contributed by atoms with Crippen molar-refractivity contribution in [1.82, 2.24) is 34.2 Å². The Kier molecular flexibility index (Phi) is 10.9. The molecule has 1 atom stereocenters. The number of halogens is 1. The summed E-state index contributed by atoms with van der Waals surface area (Å²) >= 11 is -0.563. The van der Waals surface area contributed by atoms with E-state index in [4.69, 9.17) is 29.9 Å². The van der Waals surface area contributed by atoms with Gasteiger partial charge in [0.25, 0.3) is 0 Å². The minimum absolute atomic E-state index is 0.0297. The van der Waals surface area contributed by atoms with E-state index in [1.165, 1.54) is 0 Å². The summed E-state index contributed by atoms with van der Waals surface area (Å²) in [7, 11) is -4.42. The first-order valence-electron chi connectivity index (χ1n) is 21.3. The fourth-order valence-electron chi connectivity index (χ4n) is 8.17. The number of allylic oxidation sites excluding steroid dienone is 1. The van der Waals surface area contributed by atoms with Gasteiger partial charge in [0.15, 0.2) is 11.6 Å². The van der Waals surface area contributed by atoms with Crippen molar-refractivity contribution in [3.05, 3.63) is 216 Å². The Bertz CT molecular complexity index is 3290. The minimum atomic E-state index is -4.42. The van der Waals surface area contributed by atoms with Crippen molar-refractivity contribution in [2.24, 2.45) is 0 Å². The molecule has 0 spiro atoms. The van der Waals surface area contributed by atoms with Gasteiger partial charge in [-0.2, -0.15) is 19.9 Å². The number of hydrogen-bond donors (Lipinski definition) is 0. The van der Waals surface area contributed by atoms with Crippen molar-refractivity contribution in [1.29, 1.82) is 0 Å². The third kappa shape index (κ3) is 7.62. The largest absolute Gasteiger partial charge is 0.306 e. The van der Waals surface area contributed by atoms with Gasteiger partial charge in [0.05, 0.1) is 11.0 Å². The van der Waals surface area contributed by atoms with E-state index in [0.717, 1.165) is 66.5 Å². The Morgan fingerprint density at radius 2 is 0.846 bits per heavy atom. The summed E-state index contributed by atoms with van der Waals surface area (Å²) < 4.78 is 23.1. The smallest absolute Gasteiger partial charge is 0.283 e. The molecule has 0 saturated heterocycles. The molecule has 65 heavy (non-hydrogen) atoms. The lowest BCUT2D eigenvalue weighted by molar-refractivity contribution is 0.580. The van der Waals surface area contributed by atoms with Crippen LogP contribution >= 0.6 is 28.0 Å². The van der Waals surface area contributed by atoms with Crippen LogP contribution in [-0.4, -0.2) is 37.8 Å². The number of fused-ring (bicyclic) bond motifs is 3. The van der Waals surface area contributed by atoms with Crippen LogP contribution in [0.4, 0.5) is 34.6 Å². The number of anilines is 6. The maximum Gasteiger partial charge on any atom is 0.306 e. The summed E-state index contributed by atoms with van der Waals surface area (Å²) in [6.45, 7) is 0. The predicted octanol–water partition coefficient (Wildman–Crippen LogP) is 12.3. The van der Waals surface area contributed by atoms with Gasteiger partial charge in [-0.05, 0) is 77.6 Å². The maximum atomic E-state index is 17.8. The topological polar surface area (TPSA) is 106 Å². The van der Waals surface area contributed by atoms with Crippen molar-refractivity contribution in [2.75, 3.05) is 9.80 Å². The van der Waals surface area contributed by atoms with Crippen LogP contribution in [0.2, 0.25) is 0 Å². The second-order valence-electron chi connectivity index (χ2n) is 15.2. The Labute approximate surface area is 385 Å². The normalized spacial score (nSPS) is 13.4. The highest BCUT2D eigenvalue weighted by atomic mass is 127. The van der Waals surface area contributed by atoms with Gasteiger partial charge in [0.1, 0.15) is 0 Å². The highest BCUT2D eigenvalue weighted by molar-refractivity contribution is 14.2. The van der Waals surface area contributed by atoms with E-state index in [-0.39, 0.29) is 17.1 Å². The number of para-hydroxylation sites is 6. The molecule has 0 aliphatic carbocycles. The first kappa shape index (κ1) is 40.3. The molecule has 1 unspecified atom stereocenters. The van der Waals surface area contributed by atoms with Crippen molar-refractivity contribution in [3.8, 4) is 11.4 Å². The maximum absolute atomic E-state index is 17.8. The van der Waals surface area contributed by atoms with Crippen molar-refractivity contribution in [2.45, 2.75) is 12.8 Å². The summed E-state index contributed by atoms with van der Waals surface area (Å²) in [5.41, 5.74) is 5.61. The van der Waals surface area contributed by atoms with Gasteiger partial charge >= 0.3 is 7.29 Å². The molecule has 0 amide bonds. The standard InChI is InChI=1S/C53H39IN9OP/c64-65(63-46-35-18-16-32-43(46)44-33-17-19-36-47(44)63,52-57-48(38-22-6-1-7-23-38)55-50(59-52)61(39-24-8-2-9-25-39)40-26-10-3-11-27-40)53-58-49(45-34-20-21-37-54-45)56-51(60-53)62(41-28-12-4-13-29-41)42-30-14-5-15-31-42/h1-19,21-33,35-37H,20,34H2. The molecule has 10 nitrogen and oxygen atoms in total. The molecule has 12 heteroatoms. The Morgan fingerprint density at radius 3 is 1.29 bits per heavy atom. The van der Waals surface area contributed by atoms with Crippen LogP contribution in [0.5, 0.6) is 0 Å². The van der Waals surface area contributed by atoms with Gasteiger partial charge in [-0.25, -0.2) is 9.97 Å². The van der Waals surface area contributed by atoms with Gasteiger partial charge in [0, 0.05) is 42.6 Å². The molecule has 0 fully saturated rings. The number of rotatable bonds is 11. The number of aromatic nitrogens is 7. The second-order valence-corrected chi connectivity index (χ2v) is 20.2. The van der Waals surface area contributed by atoms with Gasteiger partial charge in [0.2, 0.25) is 23.0 Å². The zero-order valence-corrected chi connectivity index (χ0v) is 37.9. The molecule has 0 bridgehead atoms. The van der Waals surface area contributed by atoms with Gasteiger partial charge < -0.3 is 0 Å². The van der Waals surface area contributed by atoms with Crippen LogP contribution in [0.25, 0.3) is 33.2 Å². The second kappa shape index (κ2) is 17.6. The third-order valence-electron chi connectivity index (χ3n) is 11.1. The molecule has 0 radical (unpaired) electrons. The van der Waals surface area contributed by atoms with Crippen molar-refractivity contribution < 1.29 is 4.57 Å². The van der Waals surface area contributed by atoms with Gasteiger partial charge in [-0.15, -0.1) is 0 Å². The third-order valence-corrected chi connectivity index (χ3v) is 16.3. The number of benzene rings is 7. The summed E-state index contributed by atoms with van der Waals surface area (Å²) in [5.74, 6) is 1.50. The lowest BCUT2D eigenvalue weighted by Gasteiger charge is -2.27. The van der Waals surface area contributed by atoms with Crippen LogP contribution in [-0.2, 0) is 4.57 Å². The minimum Gasteiger partial charge on any atom is -0.283 e. The van der Waals surface area contributed by atoms with Gasteiger partial charge in [-0.1, -0.05) is 166 Å². The SMILES string of the molecule is O=P(c1nc(C2=IC=CCC2)nc(N(c2ccccc2)c2ccccc2)n1)(c1nc(-c2ccccc2)nc(N(c2ccccc2)c2ccccc2)n1)n1c2ccccc2c2ccccc21. The molecule has 11 rings (SSSR count). The Balaban J connectivity index is 1.28. The van der Waals surface area contributed by atoms with E-state index in [9.17, 15) is 0 Å². The zero-order chi connectivity index (χ0) is 43.6. The molecule has 3 aromatic heterocycles. The highest BCUT2D eigenvalue weighted by Gasteiger charge is 2.42. The Morgan fingerprint density at radius 1 is 0.446 bits per heavy atom. The van der Waals surface area contributed by atoms with Crippen LogP contribution in [0, 0.1) is 0 Å². The molecule has 314 valence electrons. The molecular weight excluding hydrogens is 937 g/mol. The summed E-state index contributed by atoms with van der Waals surface area (Å²) in [6, 6.07) is 65.8. The Hall–Kier alpha value is -7.47. The fourth-order valence-corrected chi connectivity index (χ4v) is 12.8. The lowest BCUT2D eigenvalue weighted by atomic mass is 10.2. The predicted molar refractivity (Wildman–Crippen MR) is 273 cm³/mol. The molecular formula is C53H39IN9OP. The molecule has 10 aromatic rings. The first-order valence-corrected chi connectivity index (χ1v) is 25.2. The summed E-state index contributed by atoms with van der Waals surface area (Å²) in [5, 5.41) is 1.86. The van der Waals surface area contributed by atoms with Crippen LogP contribution in [0.1, 0.15) is 18.7 Å². The summed E-state index contributed by atoms with van der Waals surface area (Å²) in [6.07, 6.45) is 3.88. The molecule has 0 N–H and O–H groups in total. The molecule has 1 aliphatic rings. The molecule has 1 aliphatic heterocycles. The van der Waals surface area contributed by atoms with E-state index in [0.29, 0.717) is 17.6 Å². The zero-order valence-electron chi connectivity index (χ0n) is 34.9. The van der Waals surface area contributed by atoms with E-state index in [1.807, 2.05) is 202 Å².